The fraction of sp³-hybridized carbons (Fsp3) is 0.238. The Bertz CT molecular complexity index is 1100. The molecule has 1 atom stereocenters. The van der Waals surface area contributed by atoms with Crippen molar-refractivity contribution < 1.29 is 18.3 Å². The van der Waals surface area contributed by atoms with E-state index in [1.54, 1.807) is 18.2 Å². The Labute approximate surface area is 176 Å². The number of anilines is 2. The lowest BCUT2D eigenvalue weighted by Gasteiger charge is -2.23. The zero-order valence-corrected chi connectivity index (χ0v) is 16.8. The third-order valence-electron chi connectivity index (χ3n) is 5.10. The first kappa shape index (κ1) is 20.2. The minimum atomic E-state index is -0.556. The summed E-state index contributed by atoms with van der Waals surface area (Å²) in [5, 5.41) is 6.35. The number of aromatic nitrogens is 2. The van der Waals surface area contributed by atoms with Gasteiger partial charge in [-0.25, -0.2) is 4.39 Å². The number of hydrogen-bond acceptors (Lipinski definition) is 4. The van der Waals surface area contributed by atoms with Crippen molar-refractivity contribution in [1.29, 1.82) is 0 Å². The first-order valence-electron chi connectivity index (χ1n) is 9.34. The quantitative estimate of drug-likeness (QED) is 0.522. The van der Waals surface area contributed by atoms with Gasteiger partial charge < -0.3 is 20.4 Å². The van der Waals surface area contributed by atoms with Gasteiger partial charge in [-0.1, -0.05) is 17.7 Å². The number of methoxy groups -OCH3 is 1. The van der Waals surface area contributed by atoms with Crippen molar-refractivity contribution in [3.63, 3.8) is 0 Å². The van der Waals surface area contributed by atoms with E-state index in [4.69, 9.17) is 16.3 Å². The summed E-state index contributed by atoms with van der Waals surface area (Å²) < 4.78 is 33.1. The summed E-state index contributed by atoms with van der Waals surface area (Å²) in [6, 6.07) is 6.64. The van der Waals surface area contributed by atoms with Crippen LogP contribution in [0.4, 0.5) is 20.2 Å². The van der Waals surface area contributed by atoms with Crippen molar-refractivity contribution in [3.8, 4) is 17.0 Å². The molecule has 1 aliphatic heterocycles. The van der Waals surface area contributed by atoms with Crippen LogP contribution in [-0.2, 0) is 0 Å². The molecular weight excluding hydrogens is 414 g/mol. The van der Waals surface area contributed by atoms with Gasteiger partial charge in [-0.05, 0) is 24.6 Å². The lowest BCUT2D eigenvalue weighted by atomic mass is 9.94. The Kier molecular flexibility index (Phi) is 5.59. The van der Waals surface area contributed by atoms with E-state index in [1.165, 1.54) is 19.4 Å². The van der Waals surface area contributed by atoms with Crippen molar-refractivity contribution in [2.24, 2.45) is 0 Å². The van der Waals surface area contributed by atoms with Gasteiger partial charge in [-0.3, -0.25) is 14.2 Å². The molecule has 3 heterocycles. The van der Waals surface area contributed by atoms with Crippen molar-refractivity contribution in [2.45, 2.75) is 12.3 Å². The average Bonchev–Trinajstić information content (AvgIpc) is 3.11. The highest BCUT2D eigenvalue weighted by molar-refractivity contribution is 6.32. The van der Waals surface area contributed by atoms with Crippen LogP contribution in [0, 0.1) is 5.82 Å². The SMILES string of the molecule is COc1c(Cl)cccc1Nc1c(-c2ccncc2F)[nH]c2c1C(=O)NCC2CCF. The minimum Gasteiger partial charge on any atom is -0.493 e. The van der Waals surface area contributed by atoms with Crippen LogP contribution >= 0.6 is 11.6 Å². The molecule has 30 heavy (non-hydrogen) atoms. The van der Waals surface area contributed by atoms with Gasteiger partial charge in [0.25, 0.3) is 5.91 Å². The van der Waals surface area contributed by atoms with Gasteiger partial charge in [0.1, 0.15) is 0 Å². The van der Waals surface area contributed by atoms with Gasteiger partial charge in [0.05, 0.1) is 47.6 Å². The van der Waals surface area contributed by atoms with Crippen LogP contribution in [-0.4, -0.2) is 36.2 Å². The number of nitrogens with one attached hydrogen (secondary N) is 3. The van der Waals surface area contributed by atoms with E-state index >= 15 is 0 Å². The highest BCUT2D eigenvalue weighted by atomic mass is 35.5. The molecule has 3 aromatic rings. The number of benzene rings is 1. The Morgan fingerprint density at radius 1 is 1.37 bits per heavy atom. The molecule has 0 fully saturated rings. The van der Waals surface area contributed by atoms with Crippen LogP contribution in [0.5, 0.6) is 5.75 Å². The van der Waals surface area contributed by atoms with E-state index in [-0.39, 0.29) is 23.8 Å². The number of rotatable bonds is 6. The van der Waals surface area contributed by atoms with Crippen LogP contribution in [0.3, 0.4) is 0 Å². The van der Waals surface area contributed by atoms with Crippen molar-refractivity contribution in [3.05, 3.63) is 58.8 Å². The number of ether oxygens (including phenoxy) is 1. The van der Waals surface area contributed by atoms with E-state index in [9.17, 15) is 13.6 Å². The number of amides is 1. The van der Waals surface area contributed by atoms with Crippen LogP contribution in [0.15, 0.2) is 36.7 Å². The first-order chi connectivity index (χ1) is 14.5. The van der Waals surface area contributed by atoms with Crippen LogP contribution in [0.1, 0.15) is 28.4 Å². The van der Waals surface area contributed by atoms with E-state index < -0.39 is 12.5 Å². The molecule has 0 bridgehead atoms. The molecule has 2 aromatic heterocycles. The molecule has 0 saturated carbocycles. The molecule has 3 N–H and O–H groups in total. The lowest BCUT2D eigenvalue weighted by molar-refractivity contribution is 0.0939. The number of nitrogens with zero attached hydrogens (tertiary/aromatic N) is 1. The van der Waals surface area contributed by atoms with Gasteiger partial charge >= 0.3 is 0 Å². The van der Waals surface area contributed by atoms with Crippen molar-refractivity contribution >= 4 is 28.9 Å². The molecule has 6 nitrogen and oxygen atoms in total. The van der Waals surface area contributed by atoms with Crippen molar-refractivity contribution in [1.82, 2.24) is 15.3 Å². The Hall–Kier alpha value is -3.13. The van der Waals surface area contributed by atoms with Crippen molar-refractivity contribution in [2.75, 3.05) is 25.6 Å². The van der Waals surface area contributed by atoms with E-state index in [0.29, 0.717) is 45.6 Å². The number of halogens is 3. The standard InChI is InChI=1S/C21H19ClF2N4O2/c1-30-20-13(22)3-2-4-15(20)27-19-16-17(11(5-7-23)9-26-21(16)29)28-18(19)12-6-8-25-10-14(12)24/h2-4,6,8,10-11,27-28H,5,7,9H2,1H3,(H,26,29). The topological polar surface area (TPSA) is 79.0 Å². The molecule has 156 valence electrons. The molecule has 0 aliphatic carbocycles. The van der Waals surface area contributed by atoms with E-state index in [1.807, 2.05) is 0 Å². The second-order valence-electron chi connectivity index (χ2n) is 6.85. The molecule has 1 aromatic carbocycles. The van der Waals surface area contributed by atoms with Gasteiger partial charge in [0.2, 0.25) is 0 Å². The predicted octanol–water partition coefficient (Wildman–Crippen LogP) is 4.81. The molecule has 4 rings (SSSR count). The highest BCUT2D eigenvalue weighted by Crippen LogP contribution is 2.43. The maximum Gasteiger partial charge on any atom is 0.255 e. The predicted molar refractivity (Wildman–Crippen MR) is 111 cm³/mol. The number of pyridine rings is 1. The molecule has 0 radical (unpaired) electrons. The maximum atomic E-state index is 14.6. The fourth-order valence-corrected chi connectivity index (χ4v) is 3.95. The largest absolute Gasteiger partial charge is 0.493 e. The second-order valence-corrected chi connectivity index (χ2v) is 7.26. The smallest absolute Gasteiger partial charge is 0.255 e. The summed E-state index contributed by atoms with van der Waals surface area (Å²) in [5.74, 6) is -0.768. The maximum absolute atomic E-state index is 14.6. The Balaban J connectivity index is 1.93. The zero-order valence-electron chi connectivity index (χ0n) is 16.1. The molecular formula is C21H19ClF2N4O2. The van der Waals surface area contributed by atoms with Gasteiger partial charge in [0, 0.05) is 29.9 Å². The summed E-state index contributed by atoms with van der Waals surface area (Å²) >= 11 is 6.23. The van der Waals surface area contributed by atoms with Crippen LogP contribution in [0.2, 0.25) is 5.02 Å². The number of carbonyl (C=O) groups excluding carboxylic acids is 1. The average molecular weight is 433 g/mol. The Morgan fingerprint density at radius 3 is 2.93 bits per heavy atom. The monoisotopic (exact) mass is 432 g/mol. The molecule has 9 heteroatoms. The normalized spacial score (nSPS) is 15.5. The Morgan fingerprint density at radius 2 is 2.20 bits per heavy atom. The van der Waals surface area contributed by atoms with Crippen LogP contribution in [0.25, 0.3) is 11.3 Å². The highest BCUT2D eigenvalue weighted by Gasteiger charge is 2.33. The first-order valence-corrected chi connectivity index (χ1v) is 9.72. The van der Waals surface area contributed by atoms with Gasteiger partial charge in [-0.15, -0.1) is 0 Å². The van der Waals surface area contributed by atoms with Gasteiger partial charge in [0.15, 0.2) is 11.6 Å². The molecule has 1 aliphatic rings. The number of fused-ring (bicyclic) bond motifs is 1. The van der Waals surface area contributed by atoms with Crippen LogP contribution < -0.4 is 15.4 Å². The minimum absolute atomic E-state index is 0.228. The molecule has 0 spiro atoms. The van der Waals surface area contributed by atoms with E-state index in [0.717, 1.165) is 6.20 Å². The second kappa shape index (κ2) is 8.31. The number of H-pyrrole nitrogens is 1. The molecule has 1 amide bonds. The number of hydrogen-bond donors (Lipinski definition) is 3. The van der Waals surface area contributed by atoms with Gasteiger partial charge in [-0.2, -0.15) is 0 Å². The third-order valence-corrected chi connectivity index (χ3v) is 5.40. The molecule has 1 unspecified atom stereocenters. The fourth-order valence-electron chi connectivity index (χ4n) is 3.70. The number of carbonyl (C=O) groups is 1. The zero-order chi connectivity index (χ0) is 21.3. The summed E-state index contributed by atoms with van der Waals surface area (Å²) in [4.78, 5) is 19.7. The van der Waals surface area contributed by atoms with E-state index in [2.05, 4.69) is 20.6 Å². The summed E-state index contributed by atoms with van der Waals surface area (Å²) in [5.41, 5.74) is 2.33. The summed E-state index contributed by atoms with van der Waals surface area (Å²) in [7, 11) is 1.48. The number of aromatic amines is 1. The molecule has 0 saturated heterocycles. The summed E-state index contributed by atoms with van der Waals surface area (Å²) in [6.07, 6.45) is 2.78. The number of alkyl halides is 1. The summed E-state index contributed by atoms with van der Waals surface area (Å²) in [6.45, 7) is -0.239. The third kappa shape index (κ3) is 3.47. The lowest BCUT2D eigenvalue weighted by Crippen LogP contribution is -2.35. The number of para-hydroxylation sites is 1.